The second kappa shape index (κ2) is 14.2. The Labute approximate surface area is 166 Å². The van der Waals surface area contributed by atoms with E-state index < -0.39 is 0 Å². The molecule has 1 unspecified atom stereocenters. The van der Waals surface area contributed by atoms with Gasteiger partial charge in [0, 0.05) is 18.6 Å². The third-order valence-corrected chi connectivity index (χ3v) is 5.60. The SMILES string of the molecule is CCC(N)COCCOCCNC(=NC1CCCCC1)NC1CCCCC1. The first kappa shape index (κ1) is 22.4. The van der Waals surface area contributed by atoms with Crippen molar-refractivity contribution in [3.05, 3.63) is 0 Å². The molecule has 1 atom stereocenters. The lowest BCUT2D eigenvalue weighted by molar-refractivity contribution is 0.0442. The molecule has 6 nitrogen and oxygen atoms in total. The highest BCUT2D eigenvalue weighted by Crippen LogP contribution is 2.21. The van der Waals surface area contributed by atoms with Crippen molar-refractivity contribution >= 4 is 5.96 Å². The van der Waals surface area contributed by atoms with Gasteiger partial charge in [0.1, 0.15) is 0 Å². The fourth-order valence-corrected chi connectivity index (χ4v) is 3.78. The summed E-state index contributed by atoms with van der Waals surface area (Å²) in [5.74, 6) is 0.988. The van der Waals surface area contributed by atoms with Crippen molar-refractivity contribution in [3.8, 4) is 0 Å². The molecule has 2 aliphatic rings. The Balaban J connectivity index is 1.64. The van der Waals surface area contributed by atoms with E-state index in [9.17, 15) is 0 Å². The van der Waals surface area contributed by atoms with Gasteiger partial charge in [-0.25, -0.2) is 4.99 Å². The summed E-state index contributed by atoms with van der Waals surface area (Å²) in [6, 6.07) is 1.19. The van der Waals surface area contributed by atoms with E-state index in [-0.39, 0.29) is 6.04 Å². The van der Waals surface area contributed by atoms with Crippen LogP contribution in [0.2, 0.25) is 0 Å². The average molecular weight is 383 g/mol. The second-order valence-electron chi connectivity index (χ2n) is 8.03. The molecule has 6 heteroatoms. The number of rotatable bonds is 11. The second-order valence-corrected chi connectivity index (χ2v) is 8.03. The molecule has 0 amide bonds. The van der Waals surface area contributed by atoms with Gasteiger partial charge < -0.3 is 25.8 Å². The van der Waals surface area contributed by atoms with Gasteiger partial charge in [-0.2, -0.15) is 0 Å². The van der Waals surface area contributed by atoms with Gasteiger partial charge in [-0.15, -0.1) is 0 Å². The van der Waals surface area contributed by atoms with E-state index in [1.165, 1.54) is 64.2 Å². The molecule has 0 aliphatic heterocycles. The van der Waals surface area contributed by atoms with Crippen LogP contribution < -0.4 is 16.4 Å². The largest absolute Gasteiger partial charge is 0.377 e. The monoisotopic (exact) mass is 382 g/mol. The zero-order valence-electron chi connectivity index (χ0n) is 17.4. The molecule has 0 radical (unpaired) electrons. The highest BCUT2D eigenvalue weighted by atomic mass is 16.5. The Morgan fingerprint density at radius 2 is 1.63 bits per heavy atom. The number of nitrogens with two attached hydrogens (primary N) is 1. The van der Waals surface area contributed by atoms with Crippen molar-refractivity contribution < 1.29 is 9.47 Å². The molecule has 0 aromatic heterocycles. The van der Waals surface area contributed by atoms with Gasteiger partial charge in [-0.1, -0.05) is 45.4 Å². The molecule has 2 aliphatic carbocycles. The minimum absolute atomic E-state index is 0.135. The van der Waals surface area contributed by atoms with E-state index in [1.54, 1.807) is 0 Å². The van der Waals surface area contributed by atoms with Crippen LogP contribution in [0.4, 0.5) is 0 Å². The van der Waals surface area contributed by atoms with Gasteiger partial charge in [0.05, 0.1) is 32.5 Å². The summed E-state index contributed by atoms with van der Waals surface area (Å²) in [6.07, 6.45) is 14.0. The summed E-state index contributed by atoms with van der Waals surface area (Å²) >= 11 is 0. The number of ether oxygens (including phenoxy) is 2. The van der Waals surface area contributed by atoms with E-state index in [1.807, 2.05) is 0 Å². The third kappa shape index (κ3) is 10.3. The van der Waals surface area contributed by atoms with Gasteiger partial charge in [0.2, 0.25) is 0 Å². The number of nitrogens with zero attached hydrogens (tertiary/aromatic N) is 1. The van der Waals surface area contributed by atoms with E-state index in [0.29, 0.717) is 38.5 Å². The van der Waals surface area contributed by atoms with E-state index in [0.717, 1.165) is 18.9 Å². The molecule has 0 saturated heterocycles. The summed E-state index contributed by atoms with van der Waals surface area (Å²) < 4.78 is 11.2. The van der Waals surface area contributed by atoms with Crippen LogP contribution in [0.5, 0.6) is 0 Å². The summed E-state index contributed by atoms with van der Waals surface area (Å²) in [7, 11) is 0. The van der Waals surface area contributed by atoms with Gasteiger partial charge in [-0.3, -0.25) is 0 Å². The molecule has 2 saturated carbocycles. The topological polar surface area (TPSA) is 80.9 Å². The highest BCUT2D eigenvalue weighted by molar-refractivity contribution is 5.80. The third-order valence-electron chi connectivity index (χ3n) is 5.60. The predicted molar refractivity (Wildman–Crippen MR) is 112 cm³/mol. The van der Waals surface area contributed by atoms with Crippen LogP contribution in [-0.4, -0.2) is 57.1 Å². The molecule has 0 aromatic rings. The van der Waals surface area contributed by atoms with Crippen LogP contribution in [-0.2, 0) is 9.47 Å². The van der Waals surface area contributed by atoms with Crippen molar-refractivity contribution in [1.29, 1.82) is 0 Å². The normalized spacial score (nSPS) is 21.2. The molecular weight excluding hydrogens is 340 g/mol. The molecular formula is C21H42N4O2. The first-order chi connectivity index (χ1) is 13.3. The van der Waals surface area contributed by atoms with Gasteiger partial charge >= 0.3 is 0 Å². The fraction of sp³-hybridized carbons (Fsp3) is 0.952. The van der Waals surface area contributed by atoms with E-state index in [2.05, 4.69) is 17.6 Å². The zero-order valence-corrected chi connectivity index (χ0v) is 17.4. The Morgan fingerprint density at radius 3 is 2.33 bits per heavy atom. The lowest BCUT2D eigenvalue weighted by atomic mass is 9.95. The fourth-order valence-electron chi connectivity index (χ4n) is 3.78. The van der Waals surface area contributed by atoms with Crippen molar-refractivity contribution in [2.75, 3.05) is 33.0 Å². The Bertz CT molecular complexity index is 394. The smallest absolute Gasteiger partial charge is 0.191 e. The van der Waals surface area contributed by atoms with Crippen LogP contribution in [0.3, 0.4) is 0 Å². The molecule has 0 bridgehead atoms. The molecule has 4 N–H and O–H groups in total. The number of nitrogens with one attached hydrogen (secondary N) is 2. The average Bonchev–Trinajstić information content (AvgIpc) is 2.71. The highest BCUT2D eigenvalue weighted by Gasteiger charge is 2.17. The molecule has 27 heavy (non-hydrogen) atoms. The van der Waals surface area contributed by atoms with Crippen LogP contribution in [0.1, 0.15) is 77.6 Å². The lowest BCUT2D eigenvalue weighted by Gasteiger charge is -2.27. The lowest BCUT2D eigenvalue weighted by Crippen LogP contribution is -2.46. The van der Waals surface area contributed by atoms with Crippen LogP contribution >= 0.6 is 0 Å². The zero-order chi connectivity index (χ0) is 19.2. The van der Waals surface area contributed by atoms with Gasteiger partial charge in [-0.05, 0) is 32.1 Å². The molecule has 158 valence electrons. The summed E-state index contributed by atoms with van der Waals surface area (Å²) in [5.41, 5.74) is 5.83. The Morgan fingerprint density at radius 1 is 0.963 bits per heavy atom. The summed E-state index contributed by atoms with van der Waals surface area (Å²) in [5, 5.41) is 7.16. The van der Waals surface area contributed by atoms with Crippen molar-refractivity contribution in [1.82, 2.24) is 10.6 Å². The Hall–Kier alpha value is -0.850. The number of guanidine groups is 1. The summed E-state index contributed by atoms with van der Waals surface area (Å²) in [4.78, 5) is 5.01. The molecule has 0 aromatic carbocycles. The maximum atomic E-state index is 5.83. The van der Waals surface area contributed by atoms with E-state index >= 15 is 0 Å². The number of aliphatic imine (C=N–C) groups is 1. The first-order valence-electron chi connectivity index (χ1n) is 11.3. The van der Waals surface area contributed by atoms with E-state index in [4.69, 9.17) is 20.2 Å². The Kier molecular flexibility index (Phi) is 11.8. The molecule has 2 fully saturated rings. The number of hydrogen-bond acceptors (Lipinski definition) is 4. The minimum atomic E-state index is 0.135. The van der Waals surface area contributed by atoms with Crippen LogP contribution in [0, 0.1) is 0 Å². The molecule has 0 spiro atoms. The van der Waals surface area contributed by atoms with Crippen molar-refractivity contribution in [2.45, 2.75) is 95.7 Å². The first-order valence-corrected chi connectivity index (χ1v) is 11.3. The quantitative estimate of drug-likeness (QED) is 0.291. The molecule has 0 heterocycles. The van der Waals surface area contributed by atoms with Crippen molar-refractivity contribution in [2.24, 2.45) is 10.7 Å². The van der Waals surface area contributed by atoms with Crippen LogP contribution in [0.15, 0.2) is 4.99 Å². The van der Waals surface area contributed by atoms with Gasteiger partial charge in [0.25, 0.3) is 0 Å². The standard InChI is InChI=1S/C21H42N4O2/c1-2-18(22)17-27-16-15-26-14-13-23-21(24-19-9-5-3-6-10-19)25-20-11-7-4-8-12-20/h18-20H,2-17,22H2,1H3,(H2,23,24,25). The molecule has 2 rings (SSSR count). The maximum absolute atomic E-state index is 5.83. The van der Waals surface area contributed by atoms with Crippen LogP contribution in [0.25, 0.3) is 0 Å². The maximum Gasteiger partial charge on any atom is 0.191 e. The minimum Gasteiger partial charge on any atom is -0.377 e. The van der Waals surface area contributed by atoms with Gasteiger partial charge in [0.15, 0.2) is 5.96 Å². The predicted octanol–water partition coefficient (Wildman–Crippen LogP) is 2.96. The van der Waals surface area contributed by atoms with Crippen molar-refractivity contribution in [3.63, 3.8) is 0 Å². The summed E-state index contributed by atoms with van der Waals surface area (Å²) in [6.45, 7) is 5.35. The number of hydrogen-bond donors (Lipinski definition) is 3.